The summed E-state index contributed by atoms with van der Waals surface area (Å²) in [7, 11) is 0. The minimum absolute atomic E-state index is 0.149. The van der Waals surface area contributed by atoms with Crippen molar-refractivity contribution in [1.29, 1.82) is 0 Å². The van der Waals surface area contributed by atoms with Crippen LogP contribution in [-0.4, -0.2) is 16.1 Å². The molecule has 2 aromatic rings. The number of carbonyl (C=O) groups is 1. The molecule has 16 heavy (non-hydrogen) atoms. The van der Waals surface area contributed by atoms with Gasteiger partial charge < -0.3 is 5.32 Å². The molecule has 0 aromatic carbocycles. The van der Waals surface area contributed by atoms with Crippen molar-refractivity contribution < 1.29 is 4.79 Å². The van der Waals surface area contributed by atoms with Gasteiger partial charge in [0.2, 0.25) is 0 Å². The highest BCUT2D eigenvalue weighted by molar-refractivity contribution is 7.13. The molecular formula is C10H10ClN3OS. The summed E-state index contributed by atoms with van der Waals surface area (Å²) in [6, 6.07) is 0. The van der Waals surface area contributed by atoms with Gasteiger partial charge in [0.25, 0.3) is 5.91 Å². The highest BCUT2D eigenvalue weighted by Gasteiger charge is 2.14. The Bertz CT molecular complexity index is 492. The fraction of sp³-hybridized carbons (Fsp3) is 0.200. The molecule has 2 aromatic heterocycles. The van der Waals surface area contributed by atoms with Gasteiger partial charge in [-0.3, -0.25) is 9.89 Å². The Morgan fingerprint density at radius 2 is 2.50 bits per heavy atom. The molecule has 2 rings (SSSR count). The van der Waals surface area contributed by atoms with Crippen LogP contribution in [0.4, 0.5) is 0 Å². The Balaban J connectivity index is 2.01. The molecule has 0 unspecified atom stereocenters. The molecule has 2 N–H and O–H groups in total. The summed E-state index contributed by atoms with van der Waals surface area (Å²) >= 11 is 7.35. The number of aryl methyl sites for hydroxylation is 1. The van der Waals surface area contributed by atoms with E-state index in [4.69, 9.17) is 11.6 Å². The van der Waals surface area contributed by atoms with Crippen LogP contribution in [0.5, 0.6) is 0 Å². The number of hydrogen-bond acceptors (Lipinski definition) is 3. The molecule has 0 atom stereocenters. The molecule has 0 saturated heterocycles. The number of halogens is 1. The third-order valence-electron chi connectivity index (χ3n) is 2.11. The van der Waals surface area contributed by atoms with Gasteiger partial charge in [0, 0.05) is 18.3 Å². The van der Waals surface area contributed by atoms with Crippen molar-refractivity contribution in [1.82, 2.24) is 15.5 Å². The summed E-state index contributed by atoms with van der Waals surface area (Å²) in [4.78, 5) is 12.3. The number of carbonyl (C=O) groups excluding carboxylic acids is 1. The van der Waals surface area contributed by atoms with Gasteiger partial charge in [0.1, 0.15) is 4.88 Å². The predicted molar refractivity (Wildman–Crippen MR) is 63.8 cm³/mol. The lowest BCUT2D eigenvalue weighted by atomic mass is 10.3. The van der Waals surface area contributed by atoms with Crippen LogP contribution in [0.25, 0.3) is 0 Å². The molecule has 0 aliphatic carbocycles. The Hall–Kier alpha value is -1.33. The molecule has 0 saturated carbocycles. The van der Waals surface area contributed by atoms with E-state index in [9.17, 15) is 4.79 Å². The van der Waals surface area contributed by atoms with Crippen molar-refractivity contribution in [2.45, 2.75) is 13.5 Å². The summed E-state index contributed by atoms with van der Waals surface area (Å²) in [5.41, 5.74) is 1.86. The number of aromatic nitrogens is 2. The van der Waals surface area contributed by atoms with Crippen LogP contribution >= 0.6 is 22.9 Å². The van der Waals surface area contributed by atoms with Crippen LogP contribution in [0.2, 0.25) is 5.02 Å². The largest absolute Gasteiger partial charge is 0.347 e. The molecule has 2 heterocycles. The standard InChI is InChI=1S/C10H10ClN3OS/c1-6-5-16-9(8(6)11)10(15)12-2-7-3-13-14-4-7/h3-5H,2H2,1H3,(H,12,15)(H,13,14). The van der Waals surface area contributed by atoms with Crippen molar-refractivity contribution in [3.05, 3.63) is 38.8 Å². The van der Waals surface area contributed by atoms with E-state index in [0.717, 1.165) is 11.1 Å². The van der Waals surface area contributed by atoms with Crippen molar-refractivity contribution in [2.75, 3.05) is 0 Å². The monoisotopic (exact) mass is 255 g/mol. The number of H-pyrrole nitrogens is 1. The fourth-order valence-electron chi connectivity index (χ4n) is 1.22. The van der Waals surface area contributed by atoms with E-state index in [1.807, 2.05) is 12.3 Å². The normalized spacial score (nSPS) is 10.4. The maximum atomic E-state index is 11.8. The Labute approximate surface area is 102 Å². The van der Waals surface area contributed by atoms with Crippen molar-refractivity contribution in [3.63, 3.8) is 0 Å². The van der Waals surface area contributed by atoms with Crippen LogP contribution in [0.3, 0.4) is 0 Å². The van der Waals surface area contributed by atoms with Crippen molar-refractivity contribution in [2.24, 2.45) is 0 Å². The first-order valence-corrected chi connectivity index (χ1v) is 5.93. The molecule has 4 nitrogen and oxygen atoms in total. The second kappa shape index (κ2) is 4.67. The lowest BCUT2D eigenvalue weighted by Gasteiger charge is -2.01. The van der Waals surface area contributed by atoms with Gasteiger partial charge in [-0.25, -0.2) is 0 Å². The van der Waals surface area contributed by atoms with E-state index >= 15 is 0 Å². The van der Waals surface area contributed by atoms with Gasteiger partial charge in [-0.2, -0.15) is 5.10 Å². The number of hydrogen-bond donors (Lipinski definition) is 2. The lowest BCUT2D eigenvalue weighted by Crippen LogP contribution is -2.21. The van der Waals surface area contributed by atoms with Gasteiger partial charge in [-0.1, -0.05) is 11.6 Å². The zero-order chi connectivity index (χ0) is 11.5. The summed E-state index contributed by atoms with van der Waals surface area (Å²) in [6.07, 6.45) is 3.41. The topological polar surface area (TPSA) is 57.8 Å². The van der Waals surface area contributed by atoms with Crippen LogP contribution in [0.15, 0.2) is 17.8 Å². The van der Waals surface area contributed by atoms with Crippen molar-refractivity contribution >= 4 is 28.8 Å². The Kier molecular flexibility index (Phi) is 3.26. The molecule has 0 aliphatic heterocycles. The van der Waals surface area contributed by atoms with E-state index in [1.54, 1.807) is 12.4 Å². The zero-order valence-electron chi connectivity index (χ0n) is 8.58. The second-order valence-corrected chi connectivity index (χ2v) is 4.61. The van der Waals surface area contributed by atoms with Crippen molar-refractivity contribution in [3.8, 4) is 0 Å². The smallest absolute Gasteiger partial charge is 0.263 e. The summed E-state index contributed by atoms with van der Waals surface area (Å²) < 4.78 is 0. The number of rotatable bonds is 3. The summed E-state index contributed by atoms with van der Waals surface area (Å²) in [6.45, 7) is 2.33. The number of nitrogens with zero attached hydrogens (tertiary/aromatic N) is 1. The highest BCUT2D eigenvalue weighted by Crippen LogP contribution is 2.26. The number of nitrogens with one attached hydrogen (secondary N) is 2. The SMILES string of the molecule is Cc1csc(C(=O)NCc2cn[nH]c2)c1Cl. The molecule has 0 fully saturated rings. The average Bonchev–Trinajstić information content (AvgIpc) is 2.88. The minimum Gasteiger partial charge on any atom is -0.347 e. The van der Waals surface area contributed by atoms with E-state index in [-0.39, 0.29) is 5.91 Å². The highest BCUT2D eigenvalue weighted by atomic mass is 35.5. The Morgan fingerprint density at radius 3 is 3.06 bits per heavy atom. The number of aromatic amines is 1. The molecule has 84 valence electrons. The molecule has 0 spiro atoms. The van der Waals surface area contributed by atoms with E-state index < -0.39 is 0 Å². The lowest BCUT2D eigenvalue weighted by molar-refractivity contribution is 0.0955. The fourth-order valence-corrected chi connectivity index (χ4v) is 2.41. The molecular weight excluding hydrogens is 246 g/mol. The van der Waals surface area contributed by atoms with Gasteiger partial charge >= 0.3 is 0 Å². The maximum absolute atomic E-state index is 11.8. The number of amides is 1. The van der Waals surface area contributed by atoms with Gasteiger partial charge in [-0.05, 0) is 17.9 Å². The van der Waals surface area contributed by atoms with E-state index in [1.165, 1.54) is 11.3 Å². The second-order valence-electron chi connectivity index (χ2n) is 3.35. The number of thiophene rings is 1. The average molecular weight is 256 g/mol. The molecule has 0 radical (unpaired) electrons. The summed E-state index contributed by atoms with van der Waals surface area (Å²) in [5.74, 6) is -0.149. The first kappa shape index (κ1) is 11.2. The molecule has 0 aliphatic rings. The van der Waals surface area contributed by atoms with Gasteiger partial charge in [-0.15, -0.1) is 11.3 Å². The van der Waals surface area contributed by atoms with Crippen LogP contribution < -0.4 is 5.32 Å². The first-order chi connectivity index (χ1) is 7.68. The first-order valence-electron chi connectivity index (χ1n) is 4.68. The zero-order valence-corrected chi connectivity index (χ0v) is 10.2. The van der Waals surface area contributed by atoms with Crippen LogP contribution in [0, 0.1) is 6.92 Å². The third-order valence-corrected chi connectivity index (χ3v) is 3.81. The van der Waals surface area contributed by atoms with Gasteiger partial charge in [0.15, 0.2) is 0 Å². The quantitative estimate of drug-likeness (QED) is 0.885. The minimum atomic E-state index is -0.149. The van der Waals surface area contributed by atoms with Crippen LogP contribution in [-0.2, 0) is 6.54 Å². The van der Waals surface area contributed by atoms with E-state index in [0.29, 0.717) is 16.4 Å². The third kappa shape index (κ3) is 2.25. The maximum Gasteiger partial charge on any atom is 0.263 e. The Morgan fingerprint density at radius 1 is 1.69 bits per heavy atom. The van der Waals surface area contributed by atoms with Gasteiger partial charge in [0.05, 0.1) is 11.2 Å². The summed E-state index contributed by atoms with van der Waals surface area (Å²) in [5, 5.41) is 11.7. The van der Waals surface area contributed by atoms with Crippen LogP contribution in [0.1, 0.15) is 20.8 Å². The molecule has 1 amide bonds. The van der Waals surface area contributed by atoms with E-state index in [2.05, 4.69) is 15.5 Å². The molecule has 0 bridgehead atoms. The predicted octanol–water partition coefficient (Wildman–Crippen LogP) is 2.36. The molecule has 6 heteroatoms.